The van der Waals surface area contributed by atoms with Crippen molar-refractivity contribution in [1.29, 1.82) is 0 Å². The van der Waals surface area contributed by atoms with E-state index in [1.165, 1.54) is 31.2 Å². The van der Waals surface area contributed by atoms with Crippen LogP contribution in [0.4, 0.5) is 0 Å². The molecule has 0 radical (unpaired) electrons. The Morgan fingerprint density at radius 3 is 2.72 bits per heavy atom. The van der Waals surface area contributed by atoms with Crippen LogP contribution in [0.1, 0.15) is 38.2 Å². The van der Waals surface area contributed by atoms with Crippen molar-refractivity contribution in [3.05, 3.63) is 35.9 Å². The van der Waals surface area contributed by atoms with Crippen molar-refractivity contribution < 1.29 is 9.84 Å². The van der Waals surface area contributed by atoms with E-state index < -0.39 is 5.60 Å². The largest absolute Gasteiger partial charge is 0.388 e. The number of hydrogen-bond acceptors (Lipinski definition) is 4. The Balaban J connectivity index is 1.42. The van der Waals surface area contributed by atoms with Crippen molar-refractivity contribution in [1.82, 2.24) is 10.2 Å². The van der Waals surface area contributed by atoms with Crippen LogP contribution in [0.2, 0.25) is 0 Å². The van der Waals surface area contributed by atoms with Gasteiger partial charge < -0.3 is 15.2 Å². The topological polar surface area (TPSA) is 44.7 Å². The van der Waals surface area contributed by atoms with Crippen molar-refractivity contribution in [2.24, 2.45) is 5.92 Å². The van der Waals surface area contributed by atoms with Crippen LogP contribution in [0.3, 0.4) is 0 Å². The molecular weight excluding hydrogens is 312 g/mol. The molecule has 3 rings (SSSR count). The van der Waals surface area contributed by atoms with Crippen molar-refractivity contribution >= 4 is 0 Å². The summed E-state index contributed by atoms with van der Waals surface area (Å²) in [5.41, 5.74) is 0.761. The van der Waals surface area contributed by atoms with Crippen LogP contribution in [0.15, 0.2) is 30.3 Å². The van der Waals surface area contributed by atoms with Crippen molar-refractivity contribution in [3.8, 4) is 0 Å². The van der Waals surface area contributed by atoms with E-state index in [9.17, 15) is 5.11 Å². The number of benzene rings is 1. The lowest BCUT2D eigenvalue weighted by molar-refractivity contribution is -0.0233. The lowest BCUT2D eigenvalue weighted by Crippen LogP contribution is -2.52. The fourth-order valence-electron chi connectivity index (χ4n) is 4.30. The molecule has 0 aromatic heterocycles. The molecule has 2 fully saturated rings. The van der Waals surface area contributed by atoms with Gasteiger partial charge in [-0.3, -0.25) is 4.90 Å². The maximum absolute atomic E-state index is 10.8. The SMILES string of the molecule is CC(O)(CNC1CCCC1CCc1ccccc1)CN1CCOCC1. The van der Waals surface area contributed by atoms with E-state index in [-0.39, 0.29) is 0 Å². The summed E-state index contributed by atoms with van der Waals surface area (Å²) in [7, 11) is 0. The molecule has 0 amide bonds. The molecule has 1 heterocycles. The van der Waals surface area contributed by atoms with E-state index in [0.717, 1.165) is 45.2 Å². The molecule has 4 nitrogen and oxygen atoms in total. The van der Waals surface area contributed by atoms with Crippen LogP contribution in [0, 0.1) is 5.92 Å². The van der Waals surface area contributed by atoms with E-state index in [1.807, 2.05) is 6.92 Å². The molecular formula is C21H34N2O2. The zero-order valence-electron chi connectivity index (χ0n) is 15.6. The Morgan fingerprint density at radius 2 is 1.96 bits per heavy atom. The number of aliphatic hydroxyl groups is 1. The number of aryl methyl sites for hydroxylation is 1. The molecule has 1 aromatic carbocycles. The molecule has 1 aliphatic carbocycles. The van der Waals surface area contributed by atoms with Crippen molar-refractivity contribution in [2.75, 3.05) is 39.4 Å². The van der Waals surface area contributed by atoms with E-state index in [1.54, 1.807) is 0 Å². The Bertz CT molecular complexity index is 500. The molecule has 2 aliphatic rings. The summed E-state index contributed by atoms with van der Waals surface area (Å²) in [6, 6.07) is 11.3. The van der Waals surface area contributed by atoms with E-state index >= 15 is 0 Å². The number of nitrogens with zero attached hydrogens (tertiary/aromatic N) is 1. The monoisotopic (exact) mass is 346 g/mol. The lowest BCUT2D eigenvalue weighted by Gasteiger charge is -2.35. The highest BCUT2D eigenvalue weighted by Crippen LogP contribution is 2.30. The predicted octanol–water partition coefficient (Wildman–Crippen LogP) is 2.46. The second kappa shape index (κ2) is 9.13. The van der Waals surface area contributed by atoms with Crippen molar-refractivity contribution in [3.63, 3.8) is 0 Å². The minimum Gasteiger partial charge on any atom is -0.388 e. The summed E-state index contributed by atoms with van der Waals surface area (Å²) in [6.07, 6.45) is 6.27. The van der Waals surface area contributed by atoms with Crippen LogP contribution in [0.25, 0.3) is 0 Å². The number of β-amino-alcohol motifs (C(OH)–C–C–N with tert-alkyl or cyclic N) is 1. The second-order valence-corrected chi connectivity index (χ2v) is 8.09. The molecule has 140 valence electrons. The van der Waals surface area contributed by atoms with E-state index in [4.69, 9.17) is 4.74 Å². The Labute approximate surface area is 152 Å². The average molecular weight is 347 g/mol. The summed E-state index contributed by atoms with van der Waals surface area (Å²) in [4.78, 5) is 2.31. The molecule has 1 saturated heterocycles. The van der Waals surface area contributed by atoms with Gasteiger partial charge in [0.25, 0.3) is 0 Å². The molecule has 0 spiro atoms. The third kappa shape index (κ3) is 6.07. The van der Waals surface area contributed by atoms with Gasteiger partial charge in [0.1, 0.15) is 0 Å². The van der Waals surface area contributed by atoms with Gasteiger partial charge in [0.15, 0.2) is 0 Å². The van der Waals surface area contributed by atoms with Gasteiger partial charge in [-0.25, -0.2) is 0 Å². The summed E-state index contributed by atoms with van der Waals surface area (Å²) >= 11 is 0. The Kier molecular flexibility index (Phi) is 6.88. The molecule has 0 bridgehead atoms. The highest BCUT2D eigenvalue weighted by atomic mass is 16.5. The standard InChI is InChI=1S/C21H34N2O2/c1-21(24,17-23-12-14-25-15-13-23)16-22-20-9-5-8-19(20)11-10-18-6-3-2-4-7-18/h2-4,6-7,19-20,22,24H,5,8-17H2,1H3. The Hall–Kier alpha value is -0.940. The van der Waals surface area contributed by atoms with Gasteiger partial charge in [-0.2, -0.15) is 0 Å². The molecule has 4 heteroatoms. The van der Waals surface area contributed by atoms with Gasteiger partial charge in [0, 0.05) is 32.2 Å². The van der Waals surface area contributed by atoms with Crippen LogP contribution in [-0.4, -0.2) is 61.0 Å². The van der Waals surface area contributed by atoms with Gasteiger partial charge in [0.05, 0.1) is 18.8 Å². The number of hydrogen-bond donors (Lipinski definition) is 2. The third-order valence-electron chi connectivity index (χ3n) is 5.72. The Morgan fingerprint density at radius 1 is 1.20 bits per heavy atom. The minimum atomic E-state index is -0.677. The van der Waals surface area contributed by atoms with Gasteiger partial charge in [-0.1, -0.05) is 36.8 Å². The minimum absolute atomic E-state index is 0.555. The molecule has 25 heavy (non-hydrogen) atoms. The maximum Gasteiger partial charge on any atom is 0.0869 e. The summed E-state index contributed by atoms with van der Waals surface area (Å²) < 4.78 is 5.39. The van der Waals surface area contributed by atoms with Crippen molar-refractivity contribution in [2.45, 2.75) is 50.7 Å². The first kappa shape index (κ1) is 18.8. The number of ether oxygens (including phenoxy) is 1. The van der Waals surface area contributed by atoms with E-state index in [2.05, 4.69) is 40.5 Å². The summed E-state index contributed by atoms with van der Waals surface area (Å²) in [5.74, 6) is 0.736. The van der Waals surface area contributed by atoms with Gasteiger partial charge >= 0.3 is 0 Å². The number of morpholine rings is 1. The smallest absolute Gasteiger partial charge is 0.0869 e. The first-order valence-corrected chi connectivity index (χ1v) is 9.92. The lowest BCUT2D eigenvalue weighted by atomic mass is 9.94. The first-order chi connectivity index (χ1) is 12.1. The normalized spacial score (nSPS) is 27.3. The molecule has 1 aromatic rings. The quantitative estimate of drug-likeness (QED) is 0.759. The first-order valence-electron chi connectivity index (χ1n) is 9.92. The molecule has 3 atom stereocenters. The maximum atomic E-state index is 10.8. The summed E-state index contributed by atoms with van der Waals surface area (Å²) in [6.45, 7) is 6.80. The van der Waals surface area contributed by atoms with Crippen LogP contribution in [-0.2, 0) is 11.2 Å². The zero-order valence-corrected chi connectivity index (χ0v) is 15.6. The third-order valence-corrected chi connectivity index (χ3v) is 5.72. The number of rotatable bonds is 8. The van der Waals surface area contributed by atoms with Gasteiger partial charge in [-0.15, -0.1) is 0 Å². The zero-order chi connectivity index (χ0) is 17.5. The van der Waals surface area contributed by atoms with Crippen LogP contribution >= 0.6 is 0 Å². The highest BCUT2D eigenvalue weighted by Gasteiger charge is 2.30. The predicted molar refractivity (Wildman–Crippen MR) is 102 cm³/mol. The van der Waals surface area contributed by atoms with Crippen LogP contribution in [0.5, 0.6) is 0 Å². The van der Waals surface area contributed by atoms with Crippen LogP contribution < -0.4 is 5.32 Å². The fraction of sp³-hybridized carbons (Fsp3) is 0.714. The molecule has 3 unspecified atom stereocenters. The fourth-order valence-corrected chi connectivity index (χ4v) is 4.30. The summed E-state index contributed by atoms with van der Waals surface area (Å²) in [5, 5.41) is 14.5. The second-order valence-electron chi connectivity index (χ2n) is 8.09. The van der Waals surface area contributed by atoms with Gasteiger partial charge in [0.2, 0.25) is 0 Å². The molecule has 2 N–H and O–H groups in total. The van der Waals surface area contributed by atoms with E-state index in [0.29, 0.717) is 12.6 Å². The average Bonchev–Trinajstić information content (AvgIpc) is 3.07. The number of nitrogens with one attached hydrogen (secondary N) is 1. The molecule has 1 saturated carbocycles. The van der Waals surface area contributed by atoms with Gasteiger partial charge in [-0.05, 0) is 44.1 Å². The molecule has 1 aliphatic heterocycles. The highest BCUT2D eigenvalue weighted by molar-refractivity contribution is 5.14.